The molecule has 0 saturated carbocycles. The number of pyridine rings is 1. The minimum Gasteiger partial charge on any atom is -0.379 e. The fourth-order valence-electron chi connectivity index (χ4n) is 4.69. The minimum atomic E-state index is -0.639. The molecule has 1 aromatic carbocycles. The Kier molecular flexibility index (Phi) is 9.60. The molecule has 2 aliphatic heterocycles. The fraction of sp³-hybridized carbons (Fsp3) is 0.500. The van der Waals surface area contributed by atoms with Crippen LogP contribution in [0.5, 0.6) is 0 Å². The van der Waals surface area contributed by atoms with Gasteiger partial charge in [-0.2, -0.15) is 0 Å². The number of aromatic nitrogens is 1. The van der Waals surface area contributed by atoms with Crippen molar-refractivity contribution in [2.24, 2.45) is 0 Å². The molecule has 0 aliphatic carbocycles. The van der Waals surface area contributed by atoms with E-state index in [1.165, 1.54) is 6.07 Å². The third kappa shape index (κ3) is 7.22. The molecule has 0 spiro atoms. The van der Waals surface area contributed by atoms with E-state index in [9.17, 15) is 14.0 Å². The number of carbonyl (C=O) groups excluding carboxylic acids is 2. The lowest BCUT2D eigenvalue weighted by Crippen LogP contribution is -2.51. The van der Waals surface area contributed by atoms with Gasteiger partial charge in [0.2, 0.25) is 0 Å². The smallest absolute Gasteiger partial charge is 0.309 e. The van der Waals surface area contributed by atoms with Gasteiger partial charge in [0.25, 0.3) is 0 Å². The number of carbonyl (C=O) groups is 2. The SMILES string of the molecule is O=C(NCCCN1CCOCC1)C(=O)NC[C@H](c1cccnc1)N1CCN(c2ccccc2F)CC1. The van der Waals surface area contributed by atoms with Crippen molar-refractivity contribution in [1.82, 2.24) is 25.4 Å². The van der Waals surface area contributed by atoms with Crippen molar-refractivity contribution >= 4 is 17.5 Å². The van der Waals surface area contributed by atoms with Crippen LogP contribution in [-0.4, -0.2) is 98.7 Å². The molecule has 0 radical (unpaired) electrons. The Bertz CT molecular complexity index is 981. The van der Waals surface area contributed by atoms with Crippen molar-refractivity contribution in [1.29, 1.82) is 0 Å². The maximum absolute atomic E-state index is 14.2. The molecule has 0 unspecified atom stereocenters. The van der Waals surface area contributed by atoms with Gasteiger partial charge in [-0.3, -0.25) is 24.4 Å². The number of morpholine rings is 1. The molecule has 0 bridgehead atoms. The van der Waals surface area contributed by atoms with E-state index in [0.717, 1.165) is 44.8 Å². The third-order valence-corrected chi connectivity index (χ3v) is 6.72. The van der Waals surface area contributed by atoms with Crippen LogP contribution in [-0.2, 0) is 14.3 Å². The van der Waals surface area contributed by atoms with Crippen molar-refractivity contribution in [3.63, 3.8) is 0 Å². The molecule has 4 rings (SSSR count). The quantitative estimate of drug-likeness (QED) is 0.394. The van der Waals surface area contributed by atoms with E-state index in [1.54, 1.807) is 24.5 Å². The Morgan fingerprint density at radius 2 is 1.72 bits per heavy atom. The highest BCUT2D eigenvalue weighted by atomic mass is 19.1. The summed E-state index contributed by atoms with van der Waals surface area (Å²) in [5, 5.41) is 5.52. The van der Waals surface area contributed by atoms with Crippen LogP contribution in [0.25, 0.3) is 0 Å². The van der Waals surface area contributed by atoms with E-state index in [2.05, 4.69) is 25.4 Å². The zero-order chi connectivity index (χ0) is 25.2. The van der Waals surface area contributed by atoms with Gasteiger partial charge in [0.05, 0.1) is 24.9 Å². The first-order chi connectivity index (χ1) is 17.6. The summed E-state index contributed by atoms with van der Waals surface area (Å²) in [6.07, 6.45) is 4.27. The maximum Gasteiger partial charge on any atom is 0.309 e. The number of nitrogens with one attached hydrogen (secondary N) is 2. The normalized spacial score (nSPS) is 18.0. The van der Waals surface area contributed by atoms with E-state index < -0.39 is 11.8 Å². The summed E-state index contributed by atoms with van der Waals surface area (Å²) in [6.45, 7) is 7.60. The topological polar surface area (TPSA) is 90.0 Å². The summed E-state index contributed by atoms with van der Waals surface area (Å²) in [6, 6.07) is 10.5. The molecule has 10 heteroatoms. The van der Waals surface area contributed by atoms with Crippen LogP contribution in [0.1, 0.15) is 18.0 Å². The van der Waals surface area contributed by atoms with E-state index in [4.69, 9.17) is 4.74 Å². The van der Waals surface area contributed by atoms with Gasteiger partial charge >= 0.3 is 11.8 Å². The minimum absolute atomic E-state index is 0.139. The first-order valence-corrected chi connectivity index (χ1v) is 12.6. The molecular weight excluding hydrogens is 463 g/mol. The van der Waals surface area contributed by atoms with Gasteiger partial charge in [-0.25, -0.2) is 4.39 Å². The lowest BCUT2D eigenvalue weighted by atomic mass is 10.1. The van der Waals surface area contributed by atoms with Crippen LogP contribution in [0.2, 0.25) is 0 Å². The van der Waals surface area contributed by atoms with E-state index in [-0.39, 0.29) is 18.4 Å². The number of benzene rings is 1. The summed E-state index contributed by atoms with van der Waals surface area (Å²) in [7, 11) is 0. The first-order valence-electron chi connectivity index (χ1n) is 12.6. The predicted molar refractivity (Wildman–Crippen MR) is 135 cm³/mol. The second-order valence-corrected chi connectivity index (χ2v) is 9.05. The summed E-state index contributed by atoms with van der Waals surface area (Å²) >= 11 is 0. The van der Waals surface area contributed by atoms with Crippen molar-refractivity contribution < 1.29 is 18.7 Å². The number of rotatable bonds is 9. The standard InChI is InChI=1S/C26H35FN6O3/c27-22-6-1-2-7-23(22)32-11-13-33(14-12-32)24(21-5-3-8-28-19-21)20-30-26(35)25(34)29-9-4-10-31-15-17-36-18-16-31/h1-3,5-8,19,24H,4,9-18,20H2,(H,29,34)(H,30,35)/t24-/m1/s1. The number of ether oxygens (including phenoxy) is 1. The molecule has 2 N–H and O–H groups in total. The zero-order valence-corrected chi connectivity index (χ0v) is 20.6. The van der Waals surface area contributed by atoms with Crippen LogP contribution < -0.4 is 15.5 Å². The molecule has 36 heavy (non-hydrogen) atoms. The second-order valence-electron chi connectivity index (χ2n) is 9.05. The van der Waals surface area contributed by atoms with Gasteiger partial charge in [0.15, 0.2) is 0 Å². The molecule has 194 valence electrons. The summed E-state index contributed by atoms with van der Waals surface area (Å²) in [5.41, 5.74) is 1.57. The molecule has 1 aromatic heterocycles. The number of hydrogen-bond acceptors (Lipinski definition) is 7. The molecule has 2 amide bonds. The average Bonchev–Trinajstić information content (AvgIpc) is 2.93. The van der Waals surface area contributed by atoms with Crippen molar-refractivity contribution in [2.45, 2.75) is 12.5 Å². The average molecular weight is 499 g/mol. The van der Waals surface area contributed by atoms with Gasteiger partial charge in [-0.1, -0.05) is 18.2 Å². The Balaban J connectivity index is 1.27. The predicted octanol–water partition coefficient (Wildman–Crippen LogP) is 1.04. The molecule has 2 fully saturated rings. The molecule has 1 atom stereocenters. The molecule has 9 nitrogen and oxygen atoms in total. The van der Waals surface area contributed by atoms with Crippen LogP contribution in [0.4, 0.5) is 10.1 Å². The molecule has 3 heterocycles. The zero-order valence-electron chi connectivity index (χ0n) is 20.6. The number of halogens is 1. The number of para-hydroxylation sites is 1. The second kappa shape index (κ2) is 13.3. The summed E-state index contributed by atoms with van der Waals surface area (Å²) in [4.78, 5) is 35.6. The van der Waals surface area contributed by atoms with E-state index >= 15 is 0 Å². The number of anilines is 1. The number of piperazine rings is 1. The fourth-order valence-corrected chi connectivity index (χ4v) is 4.69. The lowest BCUT2D eigenvalue weighted by Gasteiger charge is -2.40. The van der Waals surface area contributed by atoms with Crippen molar-refractivity contribution in [3.05, 3.63) is 60.2 Å². The largest absolute Gasteiger partial charge is 0.379 e. The molecular formula is C26H35FN6O3. The summed E-state index contributed by atoms with van der Waals surface area (Å²) < 4.78 is 19.6. The van der Waals surface area contributed by atoms with Gasteiger partial charge < -0.3 is 20.3 Å². The van der Waals surface area contributed by atoms with Crippen LogP contribution in [0.15, 0.2) is 48.8 Å². The van der Waals surface area contributed by atoms with Crippen LogP contribution in [0, 0.1) is 5.82 Å². The molecule has 2 aromatic rings. The monoisotopic (exact) mass is 498 g/mol. The Hall–Kier alpha value is -3.08. The summed E-state index contributed by atoms with van der Waals surface area (Å²) in [5.74, 6) is -1.48. The number of amides is 2. The molecule has 2 aliphatic rings. The Morgan fingerprint density at radius 3 is 2.44 bits per heavy atom. The van der Waals surface area contributed by atoms with Crippen molar-refractivity contribution in [2.75, 3.05) is 77.0 Å². The number of hydrogen-bond donors (Lipinski definition) is 2. The van der Waals surface area contributed by atoms with Crippen LogP contribution >= 0.6 is 0 Å². The van der Waals surface area contributed by atoms with Crippen LogP contribution in [0.3, 0.4) is 0 Å². The van der Waals surface area contributed by atoms with Gasteiger partial charge in [-0.15, -0.1) is 0 Å². The maximum atomic E-state index is 14.2. The highest BCUT2D eigenvalue weighted by molar-refractivity contribution is 6.35. The number of nitrogens with zero attached hydrogens (tertiary/aromatic N) is 4. The third-order valence-electron chi connectivity index (χ3n) is 6.72. The van der Waals surface area contributed by atoms with E-state index in [1.807, 2.05) is 23.1 Å². The van der Waals surface area contributed by atoms with Gasteiger partial charge in [-0.05, 0) is 36.7 Å². The highest BCUT2D eigenvalue weighted by Crippen LogP contribution is 2.25. The first kappa shape index (κ1) is 26.0. The highest BCUT2D eigenvalue weighted by Gasteiger charge is 2.27. The molecule has 2 saturated heterocycles. The van der Waals surface area contributed by atoms with E-state index in [0.29, 0.717) is 38.4 Å². The van der Waals surface area contributed by atoms with Gasteiger partial charge in [0, 0.05) is 64.8 Å². The van der Waals surface area contributed by atoms with Crippen molar-refractivity contribution in [3.8, 4) is 0 Å². The van der Waals surface area contributed by atoms with Gasteiger partial charge in [0.1, 0.15) is 5.82 Å². The Morgan fingerprint density at radius 1 is 0.972 bits per heavy atom. The lowest BCUT2D eigenvalue weighted by molar-refractivity contribution is -0.139. The Labute approximate surface area is 211 Å².